The summed E-state index contributed by atoms with van der Waals surface area (Å²) in [5, 5.41) is 0. The molecular formula is C20H23NO4. The molecule has 0 aliphatic heterocycles. The third-order valence-corrected chi connectivity index (χ3v) is 3.81. The number of carbonyl (C=O) groups is 1. The molecule has 0 unspecified atom stereocenters. The zero-order valence-corrected chi connectivity index (χ0v) is 15.2. The summed E-state index contributed by atoms with van der Waals surface area (Å²) in [6.07, 6.45) is 3.30. The first-order chi connectivity index (χ1) is 12.0. The van der Waals surface area contributed by atoms with Gasteiger partial charge in [0, 0.05) is 19.8 Å². The number of ether oxygens (including phenoxy) is 3. The van der Waals surface area contributed by atoms with Gasteiger partial charge in [-0.1, -0.05) is 18.2 Å². The van der Waals surface area contributed by atoms with Crippen LogP contribution in [0.2, 0.25) is 0 Å². The van der Waals surface area contributed by atoms with E-state index in [9.17, 15) is 4.79 Å². The van der Waals surface area contributed by atoms with Gasteiger partial charge in [0.05, 0.1) is 26.9 Å². The molecule has 25 heavy (non-hydrogen) atoms. The fourth-order valence-corrected chi connectivity index (χ4v) is 2.44. The summed E-state index contributed by atoms with van der Waals surface area (Å²) in [5.74, 6) is 1.10. The summed E-state index contributed by atoms with van der Waals surface area (Å²) in [5.41, 5.74) is 2.46. The first kappa shape index (κ1) is 18.4. The largest absolute Gasteiger partial charge is 0.493 e. The Balaban J connectivity index is 2.28. The van der Waals surface area contributed by atoms with E-state index in [-0.39, 0.29) is 5.78 Å². The molecule has 0 saturated heterocycles. The number of rotatable bonds is 7. The maximum absolute atomic E-state index is 12.6. The maximum atomic E-state index is 12.6. The highest BCUT2D eigenvalue weighted by Crippen LogP contribution is 2.40. The second kappa shape index (κ2) is 8.24. The Kier molecular flexibility index (Phi) is 6.06. The lowest BCUT2D eigenvalue weighted by atomic mass is 10.1. The Hall–Kier alpha value is -2.95. The highest BCUT2D eigenvalue weighted by atomic mass is 16.5. The zero-order chi connectivity index (χ0) is 18.4. The molecule has 0 N–H and O–H groups in total. The summed E-state index contributed by atoms with van der Waals surface area (Å²) in [4.78, 5) is 14.6. The first-order valence-electron chi connectivity index (χ1n) is 7.80. The molecule has 0 spiro atoms. The van der Waals surface area contributed by atoms with Gasteiger partial charge in [-0.15, -0.1) is 0 Å². The van der Waals surface area contributed by atoms with Crippen molar-refractivity contribution < 1.29 is 19.0 Å². The fraction of sp³-hybridized carbons (Fsp3) is 0.250. The van der Waals surface area contributed by atoms with Crippen LogP contribution >= 0.6 is 0 Å². The van der Waals surface area contributed by atoms with Gasteiger partial charge in [-0.25, -0.2) is 0 Å². The van der Waals surface area contributed by atoms with Gasteiger partial charge in [-0.2, -0.15) is 0 Å². The minimum absolute atomic E-state index is 0.172. The number of ketones is 1. The third-order valence-electron chi connectivity index (χ3n) is 3.81. The van der Waals surface area contributed by atoms with E-state index < -0.39 is 0 Å². The first-order valence-corrected chi connectivity index (χ1v) is 7.80. The Labute approximate surface area is 148 Å². The third kappa shape index (κ3) is 4.12. The van der Waals surface area contributed by atoms with Crippen LogP contribution in [0, 0.1) is 0 Å². The van der Waals surface area contributed by atoms with Gasteiger partial charge in [-0.3, -0.25) is 4.79 Å². The van der Waals surface area contributed by atoms with Gasteiger partial charge in [0.25, 0.3) is 0 Å². The van der Waals surface area contributed by atoms with E-state index in [1.165, 1.54) is 27.4 Å². The quantitative estimate of drug-likeness (QED) is 0.568. The minimum Gasteiger partial charge on any atom is -0.493 e. The number of methoxy groups -OCH3 is 3. The highest BCUT2D eigenvalue weighted by molar-refractivity contribution is 6.09. The summed E-state index contributed by atoms with van der Waals surface area (Å²) in [6, 6.07) is 11.3. The van der Waals surface area contributed by atoms with Crippen LogP contribution in [-0.2, 0) is 0 Å². The number of anilines is 1. The molecule has 0 atom stereocenters. The van der Waals surface area contributed by atoms with Crippen molar-refractivity contribution in [2.24, 2.45) is 0 Å². The second-order valence-electron chi connectivity index (χ2n) is 5.57. The van der Waals surface area contributed by atoms with E-state index in [4.69, 9.17) is 14.2 Å². The van der Waals surface area contributed by atoms with Crippen molar-refractivity contribution in [1.29, 1.82) is 0 Å². The van der Waals surface area contributed by atoms with E-state index in [2.05, 4.69) is 0 Å². The van der Waals surface area contributed by atoms with Crippen molar-refractivity contribution >= 4 is 17.5 Å². The Morgan fingerprint density at radius 1 is 0.880 bits per heavy atom. The maximum Gasteiger partial charge on any atom is 0.204 e. The molecule has 0 aliphatic rings. The molecule has 5 nitrogen and oxygen atoms in total. The van der Waals surface area contributed by atoms with Crippen LogP contribution in [-0.4, -0.2) is 41.2 Å². The van der Waals surface area contributed by atoms with Crippen molar-refractivity contribution in [3.63, 3.8) is 0 Å². The van der Waals surface area contributed by atoms with E-state index in [0.29, 0.717) is 22.8 Å². The van der Waals surface area contributed by atoms with Gasteiger partial charge < -0.3 is 19.1 Å². The standard InChI is InChI=1S/C20H23NO4/c1-21(2)15-9-6-14(7-10-15)8-12-17(22)16-11-13-18(23-3)20(25-5)19(16)24-4/h6-13H,1-5H3/b12-8+. The van der Waals surface area contributed by atoms with Crippen LogP contribution in [0.3, 0.4) is 0 Å². The minimum atomic E-state index is -0.172. The molecule has 0 heterocycles. The van der Waals surface area contributed by atoms with Crippen LogP contribution in [0.25, 0.3) is 6.08 Å². The number of carbonyl (C=O) groups excluding carboxylic acids is 1. The highest BCUT2D eigenvalue weighted by Gasteiger charge is 2.19. The number of allylic oxidation sites excluding steroid dienone is 1. The number of hydrogen-bond acceptors (Lipinski definition) is 5. The molecule has 0 saturated carbocycles. The summed E-state index contributed by atoms with van der Waals surface area (Å²) < 4.78 is 15.9. The molecule has 0 fully saturated rings. The van der Waals surface area contributed by atoms with Gasteiger partial charge in [0.2, 0.25) is 5.75 Å². The molecule has 0 aromatic heterocycles. The van der Waals surface area contributed by atoms with E-state index in [1.807, 2.05) is 43.3 Å². The Morgan fingerprint density at radius 3 is 2.04 bits per heavy atom. The molecule has 0 bridgehead atoms. The molecule has 2 aromatic carbocycles. The smallest absolute Gasteiger partial charge is 0.204 e. The van der Waals surface area contributed by atoms with Crippen LogP contribution < -0.4 is 19.1 Å². The summed E-state index contributed by atoms with van der Waals surface area (Å²) >= 11 is 0. The van der Waals surface area contributed by atoms with Crippen LogP contribution in [0.4, 0.5) is 5.69 Å². The molecule has 2 aromatic rings. The van der Waals surface area contributed by atoms with Gasteiger partial charge in [-0.05, 0) is 35.9 Å². The molecule has 0 radical (unpaired) electrons. The lowest BCUT2D eigenvalue weighted by Crippen LogP contribution is -2.07. The predicted molar refractivity (Wildman–Crippen MR) is 100 cm³/mol. The van der Waals surface area contributed by atoms with Crippen molar-refractivity contribution in [2.45, 2.75) is 0 Å². The van der Waals surface area contributed by atoms with Crippen molar-refractivity contribution in [1.82, 2.24) is 0 Å². The summed E-state index contributed by atoms with van der Waals surface area (Å²) in [7, 11) is 8.51. The van der Waals surface area contributed by atoms with E-state index in [1.54, 1.807) is 18.2 Å². The van der Waals surface area contributed by atoms with E-state index >= 15 is 0 Å². The molecule has 5 heteroatoms. The average molecular weight is 341 g/mol. The van der Waals surface area contributed by atoms with Crippen molar-refractivity contribution in [2.75, 3.05) is 40.3 Å². The Morgan fingerprint density at radius 2 is 1.52 bits per heavy atom. The number of nitrogens with zero attached hydrogens (tertiary/aromatic N) is 1. The monoisotopic (exact) mass is 341 g/mol. The zero-order valence-electron chi connectivity index (χ0n) is 15.2. The number of benzene rings is 2. The average Bonchev–Trinajstić information content (AvgIpc) is 2.64. The lowest BCUT2D eigenvalue weighted by molar-refractivity contribution is 0.104. The van der Waals surface area contributed by atoms with Crippen LogP contribution in [0.5, 0.6) is 17.2 Å². The summed E-state index contributed by atoms with van der Waals surface area (Å²) in [6.45, 7) is 0. The van der Waals surface area contributed by atoms with Crippen molar-refractivity contribution in [3.8, 4) is 17.2 Å². The fourth-order valence-electron chi connectivity index (χ4n) is 2.44. The molecular weight excluding hydrogens is 318 g/mol. The number of hydrogen-bond donors (Lipinski definition) is 0. The molecule has 0 amide bonds. The van der Waals surface area contributed by atoms with Gasteiger partial charge >= 0.3 is 0 Å². The van der Waals surface area contributed by atoms with Gasteiger partial charge in [0.1, 0.15) is 0 Å². The topological polar surface area (TPSA) is 48.0 Å². The van der Waals surface area contributed by atoms with Gasteiger partial charge in [0.15, 0.2) is 17.3 Å². The lowest BCUT2D eigenvalue weighted by Gasteiger charge is -2.14. The second-order valence-corrected chi connectivity index (χ2v) is 5.57. The molecule has 2 rings (SSSR count). The van der Waals surface area contributed by atoms with Crippen LogP contribution in [0.1, 0.15) is 15.9 Å². The normalized spacial score (nSPS) is 10.6. The molecule has 0 aliphatic carbocycles. The van der Waals surface area contributed by atoms with Crippen LogP contribution in [0.15, 0.2) is 42.5 Å². The SMILES string of the molecule is COc1ccc(C(=O)/C=C/c2ccc(N(C)C)cc2)c(OC)c1OC. The molecule has 132 valence electrons. The predicted octanol–water partition coefficient (Wildman–Crippen LogP) is 3.67. The Bertz CT molecular complexity index is 764. The van der Waals surface area contributed by atoms with Crippen molar-refractivity contribution in [3.05, 3.63) is 53.6 Å². The van der Waals surface area contributed by atoms with E-state index in [0.717, 1.165) is 11.3 Å².